The maximum atomic E-state index is 6.09. The Labute approximate surface area is 77.1 Å². The van der Waals surface area contributed by atoms with Crippen molar-refractivity contribution in [3.8, 4) is 0 Å². The highest BCUT2D eigenvalue weighted by Gasteiger charge is 2.33. The Morgan fingerprint density at radius 3 is 1.83 bits per heavy atom. The highest BCUT2D eigenvalue weighted by molar-refractivity contribution is 4.91. The van der Waals surface area contributed by atoms with E-state index in [0.717, 1.165) is 13.1 Å². The lowest BCUT2D eigenvalue weighted by atomic mass is 9.75. The molecule has 2 N–H and O–H groups in total. The van der Waals surface area contributed by atoms with E-state index in [9.17, 15) is 0 Å². The van der Waals surface area contributed by atoms with Crippen molar-refractivity contribution in [3.63, 3.8) is 0 Å². The van der Waals surface area contributed by atoms with E-state index in [2.05, 4.69) is 46.6 Å². The molecule has 0 atom stereocenters. The summed E-state index contributed by atoms with van der Waals surface area (Å²) in [5.74, 6) is 0. The molecule has 0 fully saturated rings. The number of rotatable bonds is 4. The van der Waals surface area contributed by atoms with Crippen LogP contribution in [-0.2, 0) is 0 Å². The van der Waals surface area contributed by atoms with Crippen molar-refractivity contribution in [2.24, 2.45) is 11.1 Å². The van der Waals surface area contributed by atoms with E-state index in [1.54, 1.807) is 0 Å². The van der Waals surface area contributed by atoms with Gasteiger partial charge in [-0.2, -0.15) is 0 Å². The van der Waals surface area contributed by atoms with Gasteiger partial charge < -0.3 is 10.6 Å². The van der Waals surface area contributed by atoms with Gasteiger partial charge in [-0.25, -0.2) is 0 Å². The third kappa shape index (κ3) is 3.11. The van der Waals surface area contributed by atoms with E-state index in [1.807, 2.05) is 0 Å². The molecule has 0 heterocycles. The van der Waals surface area contributed by atoms with Crippen LogP contribution in [0.5, 0.6) is 0 Å². The summed E-state index contributed by atoms with van der Waals surface area (Å²) in [5, 5.41) is 0. The van der Waals surface area contributed by atoms with Crippen LogP contribution in [0.4, 0.5) is 0 Å². The quantitative estimate of drug-likeness (QED) is 0.699. The topological polar surface area (TPSA) is 29.3 Å². The predicted octanol–water partition coefficient (Wildman–Crippen LogP) is 1.70. The Bertz CT molecular complexity index is 133. The SMILES string of the molecule is CCN(C)CC(C)(C)C(C)(C)N. The maximum Gasteiger partial charge on any atom is 0.0161 e. The molecule has 0 amide bonds. The smallest absolute Gasteiger partial charge is 0.0161 e. The molecule has 2 nitrogen and oxygen atoms in total. The molecule has 0 unspecified atom stereocenters. The van der Waals surface area contributed by atoms with Gasteiger partial charge in [-0.1, -0.05) is 20.8 Å². The van der Waals surface area contributed by atoms with Crippen LogP contribution in [-0.4, -0.2) is 30.6 Å². The van der Waals surface area contributed by atoms with E-state index >= 15 is 0 Å². The van der Waals surface area contributed by atoms with E-state index in [1.165, 1.54) is 0 Å². The zero-order valence-electron chi connectivity index (χ0n) is 9.44. The van der Waals surface area contributed by atoms with Gasteiger partial charge in [-0.05, 0) is 32.9 Å². The standard InChI is InChI=1S/C10H24N2/c1-7-12(6)8-9(2,3)10(4,5)11/h7-8,11H2,1-6H3. The average molecular weight is 172 g/mol. The minimum Gasteiger partial charge on any atom is -0.325 e. The molecule has 0 aromatic heterocycles. The normalized spacial score (nSPS) is 14.0. The molecule has 12 heavy (non-hydrogen) atoms. The molecule has 0 aromatic carbocycles. The average Bonchev–Trinajstić information content (AvgIpc) is 1.84. The summed E-state index contributed by atoms with van der Waals surface area (Å²) in [4.78, 5) is 2.30. The number of nitrogens with two attached hydrogens (primary N) is 1. The third-order valence-electron chi connectivity index (χ3n) is 2.95. The first-order valence-electron chi connectivity index (χ1n) is 4.68. The van der Waals surface area contributed by atoms with E-state index in [0.29, 0.717) is 0 Å². The van der Waals surface area contributed by atoms with Gasteiger partial charge in [-0.3, -0.25) is 0 Å². The van der Waals surface area contributed by atoms with Gasteiger partial charge in [0.2, 0.25) is 0 Å². The van der Waals surface area contributed by atoms with Crippen LogP contribution < -0.4 is 5.73 Å². The highest BCUT2D eigenvalue weighted by Crippen LogP contribution is 2.28. The first kappa shape index (κ1) is 11.9. The van der Waals surface area contributed by atoms with Gasteiger partial charge in [0.05, 0.1) is 0 Å². The van der Waals surface area contributed by atoms with Gasteiger partial charge in [0.1, 0.15) is 0 Å². The second kappa shape index (κ2) is 3.75. The Morgan fingerprint density at radius 2 is 1.58 bits per heavy atom. The molecule has 0 aliphatic rings. The third-order valence-corrected chi connectivity index (χ3v) is 2.95. The zero-order valence-corrected chi connectivity index (χ0v) is 9.44. The van der Waals surface area contributed by atoms with Crippen molar-refractivity contribution in [3.05, 3.63) is 0 Å². The maximum absolute atomic E-state index is 6.09. The fourth-order valence-corrected chi connectivity index (χ4v) is 0.990. The van der Waals surface area contributed by atoms with Crippen molar-refractivity contribution in [2.45, 2.75) is 40.2 Å². The van der Waals surface area contributed by atoms with E-state index < -0.39 is 0 Å². The molecule has 2 heteroatoms. The molecule has 0 bridgehead atoms. The van der Waals surface area contributed by atoms with Crippen molar-refractivity contribution in [1.82, 2.24) is 4.90 Å². The van der Waals surface area contributed by atoms with Gasteiger partial charge in [0.15, 0.2) is 0 Å². The summed E-state index contributed by atoms with van der Waals surface area (Å²) in [5.41, 5.74) is 6.14. The summed E-state index contributed by atoms with van der Waals surface area (Å²) < 4.78 is 0. The number of hydrogen-bond donors (Lipinski definition) is 1. The van der Waals surface area contributed by atoms with E-state index in [4.69, 9.17) is 5.73 Å². The van der Waals surface area contributed by atoms with Crippen molar-refractivity contribution >= 4 is 0 Å². The Balaban J connectivity index is 4.22. The summed E-state index contributed by atoms with van der Waals surface area (Å²) in [6.45, 7) is 12.9. The van der Waals surface area contributed by atoms with Gasteiger partial charge in [0, 0.05) is 12.1 Å². The van der Waals surface area contributed by atoms with Crippen LogP contribution >= 0.6 is 0 Å². The van der Waals surface area contributed by atoms with Crippen LogP contribution in [0.3, 0.4) is 0 Å². The van der Waals surface area contributed by atoms with Crippen molar-refractivity contribution < 1.29 is 0 Å². The lowest BCUT2D eigenvalue weighted by Gasteiger charge is -2.41. The lowest BCUT2D eigenvalue weighted by Crippen LogP contribution is -2.52. The first-order chi connectivity index (χ1) is 5.20. The lowest BCUT2D eigenvalue weighted by molar-refractivity contribution is 0.134. The molecule has 0 radical (unpaired) electrons. The predicted molar refractivity (Wildman–Crippen MR) is 55.2 cm³/mol. The Hall–Kier alpha value is -0.0800. The van der Waals surface area contributed by atoms with Crippen LogP contribution in [0.25, 0.3) is 0 Å². The largest absolute Gasteiger partial charge is 0.325 e. The van der Waals surface area contributed by atoms with Gasteiger partial charge >= 0.3 is 0 Å². The molecule has 0 aliphatic carbocycles. The summed E-state index contributed by atoms with van der Waals surface area (Å²) in [7, 11) is 2.13. The molecular weight excluding hydrogens is 148 g/mol. The van der Waals surface area contributed by atoms with Crippen LogP contribution in [0.15, 0.2) is 0 Å². The second-order valence-electron chi connectivity index (χ2n) is 4.94. The molecule has 0 rings (SSSR count). The van der Waals surface area contributed by atoms with Crippen LogP contribution in [0.1, 0.15) is 34.6 Å². The second-order valence-corrected chi connectivity index (χ2v) is 4.94. The summed E-state index contributed by atoms with van der Waals surface area (Å²) in [6, 6.07) is 0. The zero-order chi connectivity index (χ0) is 9.99. The Morgan fingerprint density at radius 1 is 1.17 bits per heavy atom. The number of nitrogens with zero attached hydrogens (tertiary/aromatic N) is 1. The van der Waals surface area contributed by atoms with Crippen molar-refractivity contribution in [2.75, 3.05) is 20.1 Å². The Kier molecular flexibility index (Phi) is 3.73. The molecule has 0 saturated heterocycles. The fraction of sp³-hybridized carbons (Fsp3) is 1.00. The molecule has 0 saturated carbocycles. The van der Waals surface area contributed by atoms with E-state index in [-0.39, 0.29) is 11.0 Å². The molecular formula is C10H24N2. The monoisotopic (exact) mass is 172 g/mol. The highest BCUT2D eigenvalue weighted by atomic mass is 15.1. The molecule has 0 spiro atoms. The van der Waals surface area contributed by atoms with Crippen molar-refractivity contribution in [1.29, 1.82) is 0 Å². The van der Waals surface area contributed by atoms with Gasteiger partial charge in [0.25, 0.3) is 0 Å². The summed E-state index contributed by atoms with van der Waals surface area (Å²) in [6.07, 6.45) is 0. The fourth-order valence-electron chi connectivity index (χ4n) is 0.990. The first-order valence-corrected chi connectivity index (χ1v) is 4.68. The van der Waals surface area contributed by atoms with Gasteiger partial charge in [-0.15, -0.1) is 0 Å². The summed E-state index contributed by atoms with van der Waals surface area (Å²) >= 11 is 0. The van der Waals surface area contributed by atoms with Crippen LogP contribution in [0, 0.1) is 5.41 Å². The molecule has 0 aromatic rings. The minimum atomic E-state index is -0.115. The van der Waals surface area contributed by atoms with Crippen LogP contribution in [0.2, 0.25) is 0 Å². The molecule has 0 aliphatic heterocycles. The minimum absolute atomic E-state index is 0.115. The number of hydrogen-bond acceptors (Lipinski definition) is 2. The molecule has 74 valence electrons.